The molecule has 0 N–H and O–H groups in total. The molecule has 0 bridgehead atoms. The Kier molecular flexibility index (Phi) is 7.97. The first kappa shape index (κ1) is 36.0. The zero-order valence-electron chi connectivity index (χ0n) is 34.1. The molecule has 0 amide bonds. The van der Waals surface area contributed by atoms with Gasteiger partial charge in [-0.3, -0.25) is 0 Å². The molecule has 10 aromatic rings. The highest BCUT2D eigenvalue weighted by Crippen LogP contribution is 2.67. The molecule has 1 aromatic heterocycles. The lowest BCUT2D eigenvalue weighted by atomic mass is 9.51. The maximum absolute atomic E-state index is 5.37. The zero-order chi connectivity index (χ0) is 41.5. The van der Waals surface area contributed by atoms with Gasteiger partial charge >= 0.3 is 0 Å². The number of hydrogen-bond acceptors (Lipinski definition) is 4. The van der Waals surface area contributed by atoms with E-state index in [-0.39, 0.29) is 0 Å². The van der Waals surface area contributed by atoms with E-state index in [4.69, 9.17) is 15.0 Å². The first-order valence-electron chi connectivity index (χ1n) is 21.5. The molecule has 13 rings (SSSR count). The highest BCUT2D eigenvalue weighted by Gasteiger charge is 2.58. The van der Waals surface area contributed by atoms with E-state index in [9.17, 15) is 0 Å². The normalized spacial score (nSPS) is 14.2. The summed E-state index contributed by atoms with van der Waals surface area (Å²) in [5.41, 5.74) is 16.7. The van der Waals surface area contributed by atoms with Crippen LogP contribution in [0.5, 0.6) is 0 Å². The third kappa shape index (κ3) is 5.07. The van der Waals surface area contributed by atoms with Crippen LogP contribution in [0.15, 0.2) is 234 Å². The van der Waals surface area contributed by atoms with Crippen LogP contribution in [-0.2, 0) is 10.8 Å². The summed E-state index contributed by atoms with van der Waals surface area (Å²) < 4.78 is 0. The van der Waals surface area contributed by atoms with Crippen LogP contribution in [0.1, 0.15) is 44.5 Å². The van der Waals surface area contributed by atoms with Crippen molar-refractivity contribution in [2.24, 2.45) is 0 Å². The van der Waals surface area contributed by atoms with Crippen LogP contribution >= 0.6 is 11.8 Å². The topological polar surface area (TPSA) is 38.7 Å². The molecule has 2 heterocycles. The van der Waals surface area contributed by atoms with Gasteiger partial charge in [0.05, 0.1) is 10.8 Å². The summed E-state index contributed by atoms with van der Waals surface area (Å²) in [6.07, 6.45) is 0. The number of hydrogen-bond donors (Lipinski definition) is 0. The Labute approximate surface area is 370 Å². The van der Waals surface area contributed by atoms with Gasteiger partial charge in [-0.1, -0.05) is 224 Å². The van der Waals surface area contributed by atoms with Crippen LogP contribution in [0, 0.1) is 0 Å². The van der Waals surface area contributed by atoms with Gasteiger partial charge in [0.15, 0.2) is 17.5 Å². The van der Waals surface area contributed by atoms with Crippen LogP contribution in [0.4, 0.5) is 0 Å². The van der Waals surface area contributed by atoms with E-state index in [1.807, 2.05) is 36.0 Å². The van der Waals surface area contributed by atoms with Crippen molar-refractivity contribution in [2.75, 3.05) is 0 Å². The molecule has 1 aliphatic heterocycles. The first-order chi connectivity index (χ1) is 31.2. The van der Waals surface area contributed by atoms with E-state index in [0.717, 1.165) is 27.8 Å². The second kappa shape index (κ2) is 13.9. The summed E-state index contributed by atoms with van der Waals surface area (Å²) in [5, 5.41) is 0. The summed E-state index contributed by atoms with van der Waals surface area (Å²) in [5.74, 6) is 1.93. The van der Waals surface area contributed by atoms with Gasteiger partial charge in [-0.25, -0.2) is 15.0 Å². The lowest BCUT2D eigenvalue weighted by molar-refractivity contribution is 0.605. The maximum Gasteiger partial charge on any atom is 0.164 e. The molecule has 3 nitrogen and oxygen atoms in total. The fourth-order valence-corrected chi connectivity index (χ4v) is 12.2. The molecular weight excluding hydrogens is 783 g/mol. The molecule has 0 radical (unpaired) electrons. The van der Waals surface area contributed by atoms with Crippen LogP contribution < -0.4 is 0 Å². The third-order valence-electron chi connectivity index (χ3n) is 13.5. The number of aromatic nitrogens is 3. The van der Waals surface area contributed by atoms with Crippen molar-refractivity contribution in [1.29, 1.82) is 0 Å². The Balaban J connectivity index is 1.08. The third-order valence-corrected chi connectivity index (χ3v) is 14.7. The Morgan fingerprint density at radius 1 is 0.254 bits per heavy atom. The largest absolute Gasteiger partial charge is 0.208 e. The van der Waals surface area contributed by atoms with E-state index in [0.29, 0.717) is 17.5 Å². The van der Waals surface area contributed by atoms with Crippen molar-refractivity contribution < 1.29 is 0 Å². The number of benzene rings is 9. The minimum Gasteiger partial charge on any atom is -0.208 e. The van der Waals surface area contributed by atoms with Crippen LogP contribution in [0.2, 0.25) is 0 Å². The highest BCUT2D eigenvalue weighted by atomic mass is 32.2. The van der Waals surface area contributed by atoms with E-state index in [1.54, 1.807) is 0 Å². The standard InChI is InChI=1S/C59H37N3S/c1-3-18-38(19-4-1)39-34-36-41(37-35-39)56-60-55(40-20-5-2-6-21-40)61-57(62-56)43-23-17-31-51-54(43)42-22-7-8-24-44(42)58(51)45-25-9-11-27-47(45)59(48-28-12-10-26-46(48)58)49-29-13-15-32-52(49)63-53-33-16-14-30-50(53)59/h1-37H. The van der Waals surface area contributed by atoms with Gasteiger partial charge < -0.3 is 0 Å². The second-order valence-corrected chi connectivity index (χ2v) is 17.7. The molecule has 9 aromatic carbocycles. The van der Waals surface area contributed by atoms with Gasteiger partial charge in [0.25, 0.3) is 0 Å². The molecule has 2 aliphatic carbocycles. The van der Waals surface area contributed by atoms with Crippen LogP contribution in [0.3, 0.4) is 0 Å². The molecule has 63 heavy (non-hydrogen) atoms. The average molecular weight is 820 g/mol. The smallest absolute Gasteiger partial charge is 0.164 e. The molecule has 0 saturated carbocycles. The van der Waals surface area contributed by atoms with Gasteiger partial charge in [-0.15, -0.1) is 0 Å². The molecule has 294 valence electrons. The van der Waals surface area contributed by atoms with Crippen molar-refractivity contribution in [1.82, 2.24) is 15.0 Å². The molecule has 0 atom stereocenters. The number of nitrogens with zero attached hydrogens (tertiary/aromatic N) is 3. The predicted molar refractivity (Wildman–Crippen MR) is 255 cm³/mol. The maximum atomic E-state index is 5.37. The van der Waals surface area contributed by atoms with Gasteiger partial charge in [-0.2, -0.15) is 0 Å². The summed E-state index contributed by atoms with van der Waals surface area (Å²) >= 11 is 1.88. The summed E-state index contributed by atoms with van der Waals surface area (Å²) in [7, 11) is 0. The Morgan fingerprint density at radius 2 is 0.619 bits per heavy atom. The summed E-state index contributed by atoms with van der Waals surface area (Å²) in [4.78, 5) is 18.4. The molecular formula is C59H37N3S. The fraction of sp³-hybridized carbons (Fsp3) is 0.0339. The molecule has 0 fully saturated rings. The minimum absolute atomic E-state index is 0.532. The van der Waals surface area contributed by atoms with Crippen LogP contribution in [0.25, 0.3) is 56.4 Å². The van der Waals surface area contributed by atoms with Crippen molar-refractivity contribution >= 4 is 11.8 Å². The van der Waals surface area contributed by atoms with Gasteiger partial charge in [0, 0.05) is 26.5 Å². The summed E-state index contributed by atoms with van der Waals surface area (Å²) in [6, 6.07) is 81.7. The van der Waals surface area contributed by atoms with Gasteiger partial charge in [0.1, 0.15) is 0 Å². The van der Waals surface area contributed by atoms with Crippen LogP contribution in [-0.4, -0.2) is 15.0 Å². The molecule has 2 spiro atoms. The number of fused-ring (bicyclic) bond motifs is 15. The quantitative estimate of drug-likeness (QED) is 0.177. The fourth-order valence-electron chi connectivity index (χ4n) is 11.0. The van der Waals surface area contributed by atoms with E-state index in [2.05, 4.69) is 200 Å². The molecule has 4 heteroatoms. The van der Waals surface area contributed by atoms with Crippen molar-refractivity contribution in [3.8, 4) is 56.4 Å². The molecule has 3 aliphatic rings. The minimum atomic E-state index is -0.625. The average Bonchev–Trinajstić information content (AvgIpc) is 3.66. The lowest BCUT2D eigenvalue weighted by Crippen LogP contribution is -2.45. The Morgan fingerprint density at radius 3 is 1.19 bits per heavy atom. The zero-order valence-corrected chi connectivity index (χ0v) is 34.9. The summed E-state index contributed by atoms with van der Waals surface area (Å²) in [6.45, 7) is 0. The highest BCUT2D eigenvalue weighted by molar-refractivity contribution is 7.99. The van der Waals surface area contributed by atoms with E-state index < -0.39 is 10.8 Å². The molecule has 0 unspecified atom stereocenters. The van der Waals surface area contributed by atoms with Crippen molar-refractivity contribution in [3.63, 3.8) is 0 Å². The van der Waals surface area contributed by atoms with Gasteiger partial charge in [-0.05, 0) is 78.9 Å². The van der Waals surface area contributed by atoms with E-state index in [1.165, 1.54) is 65.4 Å². The first-order valence-corrected chi connectivity index (χ1v) is 22.3. The predicted octanol–water partition coefficient (Wildman–Crippen LogP) is 14.1. The van der Waals surface area contributed by atoms with Crippen molar-refractivity contribution in [3.05, 3.63) is 269 Å². The lowest BCUT2D eigenvalue weighted by Gasteiger charge is -2.51. The SMILES string of the molecule is c1ccc(-c2ccc(-c3nc(-c4ccccc4)nc(-c4cccc5c4-c4ccccc4C54c5ccccc5C5(c6ccccc6Sc6ccccc65)c5ccccc54)n3)cc2)cc1. The van der Waals surface area contributed by atoms with Gasteiger partial charge in [0.2, 0.25) is 0 Å². The monoisotopic (exact) mass is 819 g/mol. The number of rotatable bonds is 4. The molecule has 0 saturated heterocycles. The van der Waals surface area contributed by atoms with E-state index >= 15 is 0 Å². The Bertz CT molecular complexity index is 3340. The second-order valence-electron chi connectivity index (χ2n) is 16.6. The Hall–Kier alpha value is -7.66. The van der Waals surface area contributed by atoms with Crippen molar-refractivity contribution in [2.45, 2.75) is 20.6 Å².